The molecule has 0 aliphatic heterocycles. The number of guanidine groups is 1. The van der Waals surface area contributed by atoms with Crippen molar-refractivity contribution in [1.82, 2.24) is 10.6 Å². The SMILES string of the molecule is CCc1ccccc1CNC(=NC)NCCC(F)(F)F. The summed E-state index contributed by atoms with van der Waals surface area (Å²) in [5.74, 6) is 0.375. The minimum absolute atomic E-state index is 0.182. The number of aliphatic imine (C=N–C) groups is 1. The first-order valence-electron chi connectivity index (χ1n) is 6.54. The van der Waals surface area contributed by atoms with Crippen molar-refractivity contribution in [3.63, 3.8) is 0 Å². The maximum absolute atomic E-state index is 12.1. The van der Waals surface area contributed by atoms with Crippen molar-refractivity contribution >= 4 is 5.96 Å². The number of hydrogen-bond acceptors (Lipinski definition) is 1. The zero-order chi connectivity index (χ0) is 15.0. The Hall–Kier alpha value is -1.72. The van der Waals surface area contributed by atoms with Crippen LogP contribution in [0.25, 0.3) is 0 Å². The Kier molecular flexibility index (Phi) is 6.35. The molecule has 0 fully saturated rings. The van der Waals surface area contributed by atoms with Crippen LogP contribution in [0.5, 0.6) is 0 Å². The molecule has 1 rings (SSSR count). The lowest BCUT2D eigenvalue weighted by atomic mass is 10.1. The molecule has 0 saturated carbocycles. The predicted molar refractivity (Wildman–Crippen MR) is 74.7 cm³/mol. The average molecular weight is 287 g/mol. The predicted octanol–water partition coefficient (Wildman–Crippen LogP) is 2.87. The molecule has 3 nitrogen and oxygen atoms in total. The highest BCUT2D eigenvalue weighted by molar-refractivity contribution is 5.79. The van der Waals surface area contributed by atoms with E-state index in [0.29, 0.717) is 12.5 Å². The molecule has 0 aliphatic rings. The molecular weight excluding hydrogens is 267 g/mol. The molecule has 20 heavy (non-hydrogen) atoms. The number of nitrogens with zero attached hydrogens (tertiary/aromatic N) is 1. The summed E-state index contributed by atoms with van der Waals surface area (Å²) in [4.78, 5) is 3.91. The molecular formula is C14H20F3N3. The van der Waals surface area contributed by atoms with Crippen LogP contribution in [0.2, 0.25) is 0 Å². The van der Waals surface area contributed by atoms with Gasteiger partial charge in [0.15, 0.2) is 5.96 Å². The van der Waals surface area contributed by atoms with Crippen molar-refractivity contribution < 1.29 is 13.2 Å². The highest BCUT2D eigenvalue weighted by atomic mass is 19.4. The van der Waals surface area contributed by atoms with Gasteiger partial charge in [0, 0.05) is 20.1 Å². The van der Waals surface area contributed by atoms with Gasteiger partial charge in [0.05, 0.1) is 6.42 Å². The summed E-state index contributed by atoms with van der Waals surface area (Å²) in [5, 5.41) is 5.67. The second-order valence-corrected chi connectivity index (χ2v) is 4.34. The molecule has 0 amide bonds. The first-order chi connectivity index (χ1) is 9.46. The third-order valence-corrected chi connectivity index (χ3v) is 2.87. The smallest absolute Gasteiger partial charge is 0.356 e. The number of hydrogen-bond donors (Lipinski definition) is 2. The Balaban J connectivity index is 2.46. The summed E-state index contributed by atoms with van der Waals surface area (Å²) < 4.78 is 36.2. The van der Waals surface area contributed by atoms with Crippen LogP contribution in [0.15, 0.2) is 29.3 Å². The number of rotatable bonds is 5. The summed E-state index contributed by atoms with van der Waals surface area (Å²) in [6.45, 7) is 2.42. The van der Waals surface area contributed by atoms with Crippen LogP contribution >= 0.6 is 0 Å². The van der Waals surface area contributed by atoms with Gasteiger partial charge in [-0.3, -0.25) is 4.99 Å². The molecule has 0 radical (unpaired) electrons. The highest BCUT2D eigenvalue weighted by Crippen LogP contribution is 2.18. The topological polar surface area (TPSA) is 36.4 Å². The van der Waals surface area contributed by atoms with E-state index in [1.54, 1.807) is 0 Å². The van der Waals surface area contributed by atoms with Gasteiger partial charge in [-0.2, -0.15) is 13.2 Å². The van der Waals surface area contributed by atoms with Gasteiger partial charge in [-0.1, -0.05) is 31.2 Å². The number of benzene rings is 1. The molecule has 0 saturated heterocycles. The molecule has 0 unspecified atom stereocenters. The summed E-state index contributed by atoms with van der Waals surface area (Å²) in [6.07, 6.45) is -4.11. The maximum atomic E-state index is 12.1. The molecule has 0 atom stereocenters. The van der Waals surface area contributed by atoms with Crippen molar-refractivity contribution in [3.8, 4) is 0 Å². The fraction of sp³-hybridized carbons (Fsp3) is 0.500. The van der Waals surface area contributed by atoms with Crippen LogP contribution in [0, 0.1) is 0 Å². The monoisotopic (exact) mass is 287 g/mol. The largest absolute Gasteiger partial charge is 0.390 e. The van der Waals surface area contributed by atoms with Crippen LogP contribution in [0.4, 0.5) is 13.2 Å². The minimum atomic E-state index is -4.15. The fourth-order valence-corrected chi connectivity index (χ4v) is 1.80. The Labute approximate surface area is 117 Å². The minimum Gasteiger partial charge on any atom is -0.356 e. The van der Waals surface area contributed by atoms with Crippen LogP contribution in [-0.4, -0.2) is 25.7 Å². The Morgan fingerprint density at radius 3 is 2.35 bits per heavy atom. The third-order valence-electron chi connectivity index (χ3n) is 2.87. The first-order valence-corrected chi connectivity index (χ1v) is 6.54. The van der Waals surface area contributed by atoms with E-state index in [1.807, 2.05) is 24.3 Å². The lowest BCUT2D eigenvalue weighted by molar-refractivity contribution is -0.132. The van der Waals surface area contributed by atoms with Gasteiger partial charge in [0.25, 0.3) is 0 Å². The van der Waals surface area contributed by atoms with E-state index < -0.39 is 12.6 Å². The number of alkyl halides is 3. The van der Waals surface area contributed by atoms with E-state index in [9.17, 15) is 13.2 Å². The van der Waals surface area contributed by atoms with E-state index in [-0.39, 0.29) is 6.54 Å². The van der Waals surface area contributed by atoms with E-state index in [1.165, 1.54) is 12.6 Å². The summed E-state index contributed by atoms with van der Waals surface area (Å²) in [6, 6.07) is 7.94. The number of aryl methyl sites for hydroxylation is 1. The highest BCUT2D eigenvalue weighted by Gasteiger charge is 2.26. The van der Waals surface area contributed by atoms with Crippen molar-refractivity contribution in [1.29, 1.82) is 0 Å². The normalized spacial score (nSPS) is 12.3. The zero-order valence-corrected chi connectivity index (χ0v) is 11.7. The Morgan fingerprint density at radius 2 is 1.80 bits per heavy atom. The zero-order valence-electron chi connectivity index (χ0n) is 11.7. The molecule has 6 heteroatoms. The van der Waals surface area contributed by atoms with E-state index in [4.69, 9.17) is 0 Å². The van der Waals surface area contributed by atoms with Gasteiger partial charge in [-0.15, -0.1) is 0 Å². The molecule has 112 valence electrons. The molecule has 0 heterocycles. The maximum Gasteiger partial charge on any atom is 0.390 e. The van der Waals surface area contributed by atoms with E-state index in [0.717, 1.165) is 12.0 Å². The van der Waals surface area contributed by atoms with Crippen LogP contribution in [0.1, 0.15) is 24.5 Å². The third kappa shape index (κ3) is 5.95. The molecule has 0 aliphatic carbocycles. The number of halogens is 3. The van der Waals surface area contributed by atoms with Crippen LogP contribution in [0.3, 0.4) is 0 Å². The standard InChI is InChI=1S/C14H20F3N3/c1-3-11-6-4-5-7-12(11)10-20-13(18-2)19-9-8-14(15,16)17/h4-7H,3,8-10H2,1-2H3,(H2,18,19,20). The summed E-state index contributed by atoms with van der Waals surface area (Å²) in [7, 11) is 1.54. The fourth-order valence-electron chi connectivity index (χ4n) is 1.80. The van der Waals surface area contributed by atoms with Crippen LogP contribution in [-0.2, 0) is 13.0 Å². The quantitative estimate of drug-likeness (QED) is 0.645. The van der Waals surface area contributed by atoms with Crippen molar-refractivity contribution in [2.75, 3.05) is 13.6 Å². The average Bonchev–Trinajstić information content (AvgIpc) is 2.41. The van der Waals surface area contributed by atoms with Gasteiger partial charge in [0.1, 0.15) is 0 Å². The van der Waals surface area contributed by atoms with E-state index in [2.05, 4.69) is 22.5 Å². The lowest BCUT2D eigenvalue weighted by Crippen LogP contribution is -2.38. The van der Waals surface area contributed by atoms with Gasteiger partial charge in [-0.25, -0.2) is 0 Å². The molecule has 2 N–H and O–H groups in total. The molecule has 0 aromatic heterocycles. The first kappa shape index (κ1) is 16.3. The van der Waals surface area contributed by atoms with Crippen LogP contribution < -0.4 is 10.6 Å². The lowest BCUT2D eigenvalue weighted by Gasteiger charge is -2.14. The second kappa shape index (κ2) is 7.77. The summed E-state index contributed by atoms with van der Waals surface area (Å²) >= 11 is 0. The molecule has 0 bridgehead atoms. The van der Waals surface area contributed by atoms with Crippen molar-refractivity contribution in [2.45, 2.75) is 32.5 Å². The van der Waals surface area contributed by atoms with Crippen molar-refractivity contribution in [3.05, 3.63) is 35.4 Å². The second-order valence-electron chi connectivity index (χ2n) is 4.34. The molecule has 0 spiro atoms. The Morgan fingerprint density at radius 1 is 1.15 bits per heavy atom. The van der Waals surface area contributed by atoms with Gasteiger partial charge in [0.2, 0.25) is 0 Å². The number of nitrogens with one attached hydrogen (secondary N) is 2. The Bertz CT molecular complexity index is 442. The van der Waals surface area contributed by atoms with Gasteiger partial charge >= 0.3 is 6.18 Å². The van der Waals surface area contributed by atoms with E-state index >= 15 is 0 Å². The van der Waals surface area contributed by atoms with Gasteiger partial charge in [-0.05, 0) is 17.5 Å². The molecule has 1 aromatic carbocycles. The molecule has 1 aromatic rings. The van der Waals surface area contributed by atoms with Gasteiger partial charge < -0.3 is 10.6 Å². The summed E-state index contributed by atoms with van der Waals surface area (Å²) in [5.41, 5.74) is 2.33. The van der Waals surface area contributed by atoms with Crippen molar-refractivity contribution in [2.24, 2.45) is 4.99 Å².